The summed E-state index contributed by atoms with van der Waals surface area (Å²) in [6, 6.07) is 12.1. The molecule has 2 amide bonds. The maximum atomic E-state index is 12.8. The lowest BCUT2D eigenvalue weighted by Gasteiger charge is -2.25. The largest absolute Gasteiger partial charge is 0.324 e. The van der Waals surface area contributed by atoms with Gasteiger partial charge in [-0.3, -0.25) is 19.5 Å². The molecule has 0 radical (unpaired) electrons. The SMILES string of the molecule is Cc1ccc(NC(=O)C2CC(=O)Nc3nc4ccccc4n32)cc1Cl. The van der Waals surface area contributed by atoms with Crippen LogP contribution in [0.4, 0.5) is 11.6 Å². The number of rotatable bonds is 2. The molecule has 1 aliphatic heterocycles. The molecule has 0 fully saturated rings. The van der Waals surface area contributed by atoms with E-state index in [1.807, 2.05) is 37.3 Å². The van der Waals surface area contributed by atoms with E-state index in [4.69, 9.17) is 11.6 Å². The Morgan fingerprint density at radius 2 is 2.12 bits per heavy atom. The van der Waals surface area contributed by atoms with Gasteiger partial charge in [-0.05, 0) is 36.8 Å². The first-order valence-electron chi connectivity index (χ1n) is 7.87. The molecule has 2 aromatic carbocycles. The number of halogens is 1. The second-order valence-electron chi connectivity index (χ2n) is 6.02. The third kappa shape index (κ3) is 2.74. The van der Waals surface area contributed by atoms with Crippen molar-refractivity contribution in [2.75, 3.05) is 10.6 Å². The first-order chi connectivity index (χ1) is 12.0. The number of hydrogen-bond donors (Lipinski definition) is 2. The van der Waals surface area contributed by atoms with Gasteiger partial charge < -0.3 is 5.32 Å². The van der Waals surface area contributed by atoms with Crippen LogP contribution in [-0.4, -0.2) is 21.4 Å². The van der Waals surface area contributed by atoms with Gasteiger partial charge in [0.1, 0.15) is 6.04 Å². The zero-order valence-corrected chi connectivity index (χ0v) is 14.2. The summed E-state index contributed by atoms with van der Waals surface area (Å²) in [5, 5.41) is 6.15. The summed E-state index contributed by atoms with van der Waals surface area (Å²) < 4.78 is 1.77. The molecule has 25 heavy (non-hydrogen) atoms. The van der Waals surface area contributed by atoms with E-state index in [0.29, 0.717) is 16.7 Å². The van der Waals surface area contributed by atoms with E-state index in [-0.39, 0.29) is 18.2 Å². The van der Waals surface area contributed by atoms with Gasteiger partial charge >= 0.3 is 0 Å². The predicted molar refractivity (Wildman–Crippen MR) is 96.8 cm³/mol. The van der Waals surface area contributed by atoms with Crippen molar-refractivity contribution in [1.29, 1.82) is 0 Å². The number of anilines is 2. The topological polar surface area (TPSA) is 76.0 Å². The summed E-state index contributed by atoms with van der Waals surface area (Å²) in [5.41, 5.74) is 3.06. The molecule has 126 valence electrons. The molecular formula is C18H15ClN4O2. The van der Waals surface area contributed by atoms with Gasteiger partial charge in [-0.2, -0.15) is 0 Å². The minimum atomic E-state index is -0.670. The molecule has 0 aliphatic carbocycles. The van der Waals surface area contributed by atoms with Crippen LogP contribution in [-0.2, 0) is 9.59 Å². The van der Waals surface area contributed by atoms with Crippen LogP contribution in [0.1, 0.15) is 18.0 Å². The number of benzene rings is 2. The molecule has 1 unspecified atom stereocenters. The number of aromatic nitrogens is 2. The number of fused-ring (bicyclic) bond motifs is 3. The van der Waals surface area contributed by atoms with Crippen LogP contribution in [0.2, 0.25) is 5.02 Å². The van der Waals surface area contributed by atoms with Crippen molar-refractivity contribution >= 4 is 46.1 Å². The number of nitrogens with zero attached hydrogens (tertiary/aromatic N) is 2. The molecule has 2 heterocycles. The smallest absolute Gasteiger partial charge is 0.248 e. The van der Waals surface area contributed by atoms with Gasteiger partial charge in [0.2, 0.25) is 17.8 Å². The number of para-hydroxylation sites is 2. The average Bonchev–Trinajstić information content (AvgIpc) is 2.95. The van der Waals surface area contributed by atoms with Crippen LogP contribution in [0.3, 0.4) is 0 Å². The number of nitrogens with one attached hydrogen (secondary N) is 2. The van der Waals surface area contributed by atoms with Crippen LogP contribution in [0.25, 0.3) is 11.0 Å². The third-order valence-corrected chi connectivity index (χ3v) is 4.69. The standard InChI is InChI=1S/C18H15ClN4O2/c1-10-6-7-11(8-12(10)19)20-17(25)15-9-16(24)22-18-21-13-4-2-3-5-14(13)23(15)18/h2-8,15H,9H2,1H3,(H,20,25)(H,21,22,24). The third-order valence-electron chi connectivity index (χ3n) is 4.28. The Kier molecular flexibility index (Phi) is 3.69. The Morgan fingerprint density at radius 1 is 1.32 bits per heavy atom. The lowest BCUT2D eigenvalue weighted by Crippen LogP contribution is -2.35. The molecule has 0 saturated heterocycles. The van der Waals surface area contributed by atoms with Gasteiger partial charge in [0.25, 0.3) is 0 Å². The molecule has 3 aromatic rings. The first kappa shape index (κ1) is 15.7. The zero-order valence-electron chi connectivity index (χ0n) is 13.4. The highest BCUT2D eigenvalue weighted by molar-refractivity contribution is 6.31. The molecule has 0 spiro atoms. The van der Waals surface area contributed by atoms with Crippen molar-refractivity contribution in [3.8, 4) is 0 Å². The Morgan fingerprint density at radius 3 is 2.92 bits per heavy atom. The number of aryl methyl sites for hydroxylation is 1. The monoisotopic (exact) mass is 354 g/mol. The number of carbonyl (C=O) groups excluding carboxylic acids is 2. The number of imidazole rings is 1. The lowest BCUT2D eigenvalue weighted by atomic mass is 10.1. The summed E-state index contributed by atoms with van der Waals surface area (Å²) >= 11 is 6.12. The second kappa shape index (κ2) is 5.89. The van der Waals surface area contributed by atoms with Gasteiger partial charge in [0, 0.05) is 10.7 Å². The van der Waals surface area contributed by atoms with Crippen LogP contribution in [0.5, 0.6) is 0 Å². The molecule has 2 N–H and O–H groups in total. The number of amides is 2. The van der Waals surface area contributed by atoms with E-state index in [1.54, 1.807) is 16.7 Å². The number of hydrogen-bond acceptors (Lipinski definition) is 3. The second-order valence-corrected chi connectivity index (χ2v) is 6.42. The van der Waals surface area contributed by atoms with Crippen LogP contribution < -0.4 is 10.6 Å². The lowest BCUT2D eigenvalue weighted by molar-refractivity contribution is -0.124. The Bertz CT molecular complexity index is 1010. The van der Waals surface area contributed by atoms with Crippen molar-refractivity contribution in [2.24, 2.45) is 0 Å². The quantitative estimate of drug-likeness (QED) is 0.739. The Balaban J connectivity index is 1.71. The van der Waals surface area contributed by atoms with Crippen molar-refractivity contribution < 1.29 is 9.59 Å². The fraction of sp³-hybridized carbons (Fsp3) is 0.167. The fourth-order valence-corrected chi connectivity index (χ4v) is 3.18. The molecule has 1 atom stereocenters. The van der Waals surface area contributed by atoms with Gasteiger partial charge in [0.05, 0.1) is 17.5 Å². The van der Waals surface area contributed by atoms with E-state index in [9.17, 15) is 9.59 Å². The summed E-state index contributed by atoms with van der Waals surface area (Å²) in [6.07, 6.45) is 0.0543. The first-order valence-corrected chi connectivity index (χ1v) is 8.24. The maximum Gasteiger partial charge on any atom is 0.248 e. The highest BCUT2D eigenvalue weighted by atomic mass is 35.5. The molecule has 4 rings (SSSR count). The van der Waals surface area contributed by atoms with Crippen molar-refractivity contribution in [3.63, 3.8) is 0 Å². The highest BCUT2D eigenvalue weighted by Gasteiger charge is 2.32. The van der Waals surface area contributed by atoms with E-state index >= 15 is 0 Å². The molecular weight excluding hydrogens is 340 g/mol. The summed E-state index contributed by atoms with van der Waals surface area (Å²) in [4.78, 5) is 29.2. The number of carbonyl (C=O) groups is 2. The van der Waals surface area contributed by atoms with Gasteiger partial charge in [-0.1, -0.05) is 29.8 Å². The summed E-state index contributed by atoms with van der Waals surface area (Å²) in [7, 11) is 0. The Hall–Kier alpha value is -2.86. The minimum Gasteiger partial charge on any atom is -0.324 e. The molecule has 0 saturated carbocycles. The summed E-state index contributed by atoms with van der Waals surface area (Å²) in [5.74, 6) is -0.122. The van der Waals surface area contributed by atoms with Gasteiger partial charge in [-0.25, -0.2) is 4.98 Å². The molecule has 1 aromatic heterocycles. The average molecular weight is 355 g/mol. The maximum absolute atomic E-state index is 12.8. The van der Waals surface area contributed by atoms with Crippen LogP contribution >= 0.6 is 11.6 Å². The highest BCUT2D eigenvalue weighted by Crippen LogP contribution is 2.31. The van der Waals surface area contributed by atoms with E-state index in [0.717, 1.165) is 16.6 Å². The predicted octanol–water partition coefficient (Wildman–Crippen LogP) is 3.52. The van der Waals surface area contributed by atoms with E-state index < -0.39 is 6.04 Å². The molecule has 6 nitrogen and oxygen atoms in total. The molecule has 0 bridgehead atoms. The van der Waals surface area contributed by atoms with Gasteiger partial charge in [-0.15, -0.1) is 0 Å². The minimum absolute atomic E-state index is 0.0543. The van der Waals surface area contributed by atoms with E-state index in [1.165, 1.54) is 0 Å². The normalized spacial score (nSPS) is 16.4. The fourth-order valence-electron chi connectivity index (χ4n) is 3.00. The van der Waals surface area contributed by atoms with Crippen molar-refractivity contribution in [2.45, 2.75) is 19.4 Å². The molecule has 1 aliphatic rings. The Labute approximate surface area is 148 Å². The van der Waals surface area contributed by atoms with Crippen LogP contribution in [0, 0.1) is 6.92 Å². The van der Waals surface area contributed by atoms with Crippen LogP contribution in [0.15, 0.2) is 42.5 Å². The van der Waals surface area contributed by atoms with Gasteiger partial charge in [0.15, 0.2) is 0 Å². The summed E-state index contributed by atoms with van der Waals surface area (Å²) in [6.45, 7) is 1.89. The van der Waals surface area contributed by atoms with Crippen molar-refractivity contribution in [3.05, 3.63) is 53.1 Å². The molecule has 7 heteroatoms. The zero-order chi connectivity index (χ0) is 17.6. The van der Waals surface area contributed by atoms with Crippen molar-refractivity contribution in [1.82, 2.24) is 9.55 Å². The van der Waals surface area contributed by atoms with E-state index in [2.05, 4.69) is 15.6 Å².